The van der Waals surface area contributed by atoms with E-state index >= 15 is 0 Å². The summed E-state index contributed by atoms with van der Waals surface area (Å²) in [4.78, 5) is 3.53. The maximum absolute atomic E-state index is 3.53. The molecule has 9 heavy (non-hydrogen) atoms. The van der Waals surface area contributed by atoms with Crippen LogP contribution >= 0.6 is 0 Å². The van der Waals surface area contributed by atoms with Crippen LogP contribution in [-0.2, 0) is 0 Å². The van der Waals surface area contributed by atoms with Crippen LogP contribution in [0.3, 0.4) is 0 Å². The van der Waals surface area contributed by atoms with Gasteiger partial charge in [0, 0.05) is 18.9 Å². The number of hydrogen-bond acceptors (Lipinski definition) is 2. The van der Waals surface area contributed by atoms with Gasteiger partial charge in [-0.15, -0.1) is 0 Å². The molecule has 0 unspecified atom stereocenters. The maximum Gasteiger partial charge on any atom is 0.0447 e. The molecule has 2 nitrogen and oxygen atoms in total. The summed E-state index contributed by atoms with van der Waals surface area (Å²) in [6.45, 7) is 9.21. The lowest BCUT2D eigenvalue weighted by Crippen LogP contribution is -1.99. The van der Waals surface area contributed by atoms with Crippen LogP contribution < -0.4 is 5.32 Å². The topological polar surface area (TPSA) is 24.4 Å². The highest BCUT2D eigenvalue weighted by Crippen LogP contribution is 1.80. The van der Waals surface area contributed by atoms with E-state index in [0.717, 1.165) is 5.70 Å². The van der Waals surface area contributed by atoms with E-state index in [2.05, 4.69) is 17.0 Å². The van der Waals surface area contributed by atoms with Crippen LogP contribution in [0.4, 0.5) is 0 Å². The number of hydrogen-bond donors (Lipinski definition) is 1. The Bertz CT molecular complexity index is 84.9. The molecule has 0 saturated heterocycles. The molecule has 0 bridgehead atoms. The summed E-state index contributed by atoms with van der Waals surface area (Å²) in [6.07, 6.45) is 1.67. The van der Waals surface area contributed by atoms with Crippen LogP contribution in [0, 0.1) is 0 Å². The van der Waals surface area contributed by atoms with Crippen LogP contribution in [0.25, 0.3) is 0 Å². The normalized spacial score (nSPS) is 9.11. The molecule has 2 heteroatoms. The Morgan fingerprint density at radius 3 is 2.11 bits per heavy atom. The Kier molecular flexibility index (Phi) is 12.6. The molecule has 0 fully saturated rings. The molecule has 54 valence electrons. The third kappa shape index (κ3) is 11.0. The van der Waals surface area contributed by atoms with Gasteiger partial charge in [-0.05, 0) is 13.6 Å². The fraction of sp³-hybridized carbons (Fsp3) is 0.571. The molecule has 0 spiro atoms. The first-order chi connectivity index (χ1) is 4.31. The molecule has 0 aliphatic carbocycles. The summed E-state index contributed by atoms with van der Waals surface area (Å²) >= 11 is 0. The van der Waals surface area contributed by atoms with Gasteiger partial charge >= 0.3 is 0 Å². The first kappa shape index (κ1) is 11.1. The van der Waals surface area contributed by atoms with Crippen molar-refractivity contribution < 1.29 is 0 Å². The Morgan fingerprint density at radius 1 is 1.56 bits per heavy atom. The van der Waals surface area contributed by atoms with Crippen molar-refractivity contribution in [1.82, 2.24) is 5.32 Å². The Morgan fingerprint density at radius 2 is 2.00 bits per heavy atom. The van der Waals surface area contributed by atoms with Crippen molar-refractivity contribution >= 4 is 6.72 Å². The predicted molar refractivity (Wildman–Crippen MR) is 43.7 cm³/mol. The van der Waals surface area contributed by atoms with Crippen LogP contribution in [0.1, 0.15) is 20.8 Å². The Labute approximate surface area is 57.7 Å². The van der Waals surface area contributed by atoms with Crippen LogP contribution in [0.2, 0.25) is 0 Å². The van der Waals surface area contributed by atoms with Gasteiger partial charge in [0.1, 0.15) is 0 Å². The fourth-order valence-corrected chi connectivity index (χ4v) is 0.201. The number of aliphatic imine (C=N–C) groups is 1. The number of allylic oxidation sites excluding steroid dienone is 1. The highest BCUT2D eigenvalue weighted by atomic mass is 14.8. The van der Waals surface area contributed by atoms with Crippen molar-refractivity contribution in [2.24, 2.45) is 4.99 Å². The second kappa shape index (κ2) is 10.2. The quantitative estimate of drug-likeness (QED) is 0.563. The zero-order chi connectivity index (χ0) is 7.70. The van der Waals surface area contributed by atoms with Crippen molar-refractivity contribution in [3.63, 3.8) is 0 Å². The SMILES string of the molecule is C=N/C=C(\C)NC.CC. The molecular formula is C7H16N2. The lowest BCUT2D eigenvalue weighted by Gasteiger charge is -1.91. The molecule has 0 saturated carbocycles. The second-order valence-corrected chi connectivity index (χ2v) is 1.24. The summed E-state index contributed by atoms with van der Waals surface area (Å²) in [7, 11) is 1.84. The number of nitrogens with one attached hydrogen (secondary N) is 1. The molecule has 0 radical (unpaired) electrons. The highest BCUT2D eigenvalue weighted by Gasteiger charge is 1.72. The lowest BCUT2D eigenvalue weighted by molar-refractivity contribution is 0.982. The molecule has 0 amide bonds. The van der Waals surface area contributed by atoms with Crippen molar-refractivity contribution in [3.8, 4) is 0 Å². The van der Waals surface area contributed by atoms with Gasteiger partial charge in [0.25, 0.3) is 0 Å². The minimum absolute atomic E-state index is 1.02. The third-order valence-electron chi connectivity index (χ3n) is 0.679. The standard InChI is InChI=1S/C5H10N2.C2H6/c1-5(7-3)4-6-2;1-2/h4,7H,2H2,1,3H3;1-2H3/b5-4+;. The summed E-state index contributed by atoms with van der Waals surface area (Å²) in [5.74, 6) is 0. The summed E-state index contributed by atoms with van der Waals surface area (Å²) in [5, 5.41) is 2.89. The minimum atomic E-state index is 1.02. The average Bonchev–Trinajstić information content (AvgIpc) is 1.93. The van der Waals surface area contributed by atoms with Crippen molar-refractivity contribution in [1.29, 1.82) is 0 Å². The molecule has 0 aliphatic rings. The van der Waals surface area contributed by atoms with E-state index in [-0.39, 0.29) is 0 Å². The molecule has 0 aromatic carbocycles. The van der Waals surface area contributed by atoms with E-state index < -0.39 is 0 Å². The molecule has 0 atom stereocenters. The summed E-state index contributed by atoms with van der Waals surface area (Å²) < 4.78 is 0. The smallest absolute Gasteiger partial charge is 0.0447 e. The van der Waals surface area contributed by atoms with E-state index in [0.29, 0.717) is 0 Å². The van der Waals surface area contributed by atoms with Gasteiger partial charge < -0.3 is 5.32 Å². The monoisotopic (exact) mass is 128 g/mol. The number of rotatable bonds is 2. The van der Waals surface area contributed by atoms with Crippen molar-refractivity contribution in [2.75, 3.05) is 7.05 Å². The molecule has 0 heterocycles. The van der Waals surface area contributed by atoms with Crippen molar-refractivity contribution in [3.05, 3.63) is 11.9 Å². The summed E-state index contributed by atoms with van der Waals surface area (Å²) in [5.41, 5.74) is 1.02. The van der Waals surface area contributed by atoms with Crippen molar-refractivity contribution in [2.45, 2.75) is 20.8 Å². The molecule has 0 aromatic rings. The van der Waals surface area contributed by atoms with Gasteiger partial charge in [-0.25, -0.2) is 0 Å². The Balaban J connectivity index is 0. The maximum atomic E-state index is 3.53. The van der Waals surface area contributed by atoms with E-state index in [1.807, 2.05) is 27.8 Å². The van der Waals surface area contributed by atoms with Gasteiger partial charge in [0.2, 0.25) is 0 Å². The highest BCUT2D eigenvalue weighted by molar-refractivity contribution is 5.26. The van der Waals surface area contributed by atoms with E-state index in [9.17, 15) is 0 Å². The number of nitrogens with zero attached hydrogens (tertiary/aromatic N) is 1. The van der Waals surface area contributed by atoms with Gasteiger partial charge in [0.15, 0.2) is 0 Å². The minimum Gasteiger partial charge on any atom is -0.390 e. The average molecular weight is 128 g/mol. The van der Waals surface area contributed by atoms with E-state index in [1.165, 1.54) is 0 Å². The van der Waals surface area contributed by atoms with Crippen LogP contribution in [0.15, 0.2) is 16.9 Å². The van der Waals surface area contributed by atoms with Gasteiger partial charge in [-0.2, -0.15) is 0 Å². The second-order valence-electron chi connectivity index (χ2n) is 1.24. The zero-order valence-electron chi connectivity index (χ0n) is 6.73. The van der Waals surface area contributed by atoms with Crippen LogP contribution in [-0.4, -0.2) is 13.8 Å². The van der Waals surface area contributed by atoms with E-state index in [4.69, 9.17) is 0 Å². The molecular weight excluding hydrogens is 112 g/mol. The first-order valence-electron chi connectivity index (χ1n) is 3.11. The predicted octanol–water partition coefficient (Wildman–Crippen LogP) is 1.79. The molecule has 0 rings (SSSR count). The third-order valence-corrected chi connectivity index (χ3v) is 0.679. The summed E-state index contributed by atoms with van der Waals surface area (Å²) in [6, 6.07) is 0. The van der Waals surface area contributed by atoms with Crippen LogP contribution in [0.5, 0.6) is 0 Å². The van der Waals surface area contributed by atoms with E-state index in [1.54, 1.807) is 6.20 Å². The zero-order valence-corrected chi connectivity index (χ0v) is 6.73. The van der Waals surface area contributed by atoms with Gasteiger partial charge in [-0.1, -0.05) is 13.8 Å². The largest absolute Gasteiger partial charge is 0.390 e. The molecule has 1 N–H and O–H groups in total. The Hall–Kier alpha value is -0.790. The fourth-order valence-electron chi connectivity index (χ4n) is 0.201. The first-order valence-corrected chi connectivity index (χ1v) is 3.11. The van der Waals surface area contributed by atoms with Gasteiger partial charge in [0.05, 0.1) is 0 Å². The molecule has 0 aromatic heterocycles. The van der Waals surface area contributed by atoms with Gasteiger partial charge in [-0.3, -0.25) is 4.99 Å². The lowest BCUT2D eigenvalue weighted by atomic mass is 10.5. The molecule has 0 aliphatic heterocycles.